The Bertz CT molecular complexity index is 558. The van der Waals surface area contributed by atoms with Gasteiger partial charge in [-0.1, -0.05) is 0 Å². The van der Waals surface area contributed by atoms with Gasteiger partial charge in [-0.15, -0.1) is 10.2 Å². The molecule has 0 aliphatic heterocycles. The van der Waals surface area contributed by atoms with Crippen LogP contribution in [0.2, 0.25) is 0 Å². The summed E-state index contributed by atoms with van der Waals surface area (Å²) in [5, 5.41) is 17.5. The molecule has 0 saturated heterocycles. The molecule has 0 saturated carbocycles. The maximum absolute atomic E-state index is 8.92. The second kappa shape index (κ2) is 4.33. The molecule has 2 rings (SSSR count). The number of aryl methyl sites for hydroxylation is 2. The van der Waals surface area contributed by atoms with Gasteiger partial charge < -0.3 is 4.42 Å². The summed E-state index contributed by atoms with van der Waals surface area (Å²) in [6, 6.07) is 5.60. The lowest BCUT2D eigenvalue weighted by Crippen LogP contribution is -1.89. The molecule has 5 nitrogen and oxygen atoms in total. The fourth-order valence-electron chi connectivity index (χ4n) is 1.10. The van der Waals surface area contributed by atoms with Crippen LogP contribution in [-0.2, 0) is 0 Å². The van der Waals surface area contributed by atoms with Gasteiger partial charge in [-0.2, -0.15) is 5.26 Å². The molecule has 2 heterocycles. The standard InChI is InChI=1S/C10H8N4OS/c1-6-3-4-8(5-11)9(12-6)16-10-14-13-7(2)15-10/h3-4H,1-2H3. The zero-order valence-corrected chi connectivity index (χ0v) is 9.58. The SMILES string of the molecule is Cc1ccc(C#N)c(Sc2nnc(C)o2)n1. The van der Waals surface area contributed by atoms with Gasteiger partial charge in [-0.05, 0) is 30.8 Å². The highest BCUT2D eigenvalue weighted by Crippen LogP contribution is 2.27. The lowest BCUT2D eigenvalue weighted by molar-refractivity contribution is 0.429. The lowest BCUT2D eigenvalue weighted by atomic mass is 10.3. The Balaban J connectivity index is 2.34. The van der Waals surface area contributed by atoms with Crippen LogP contribution in [0.5, 0.6) is 0 Å². The quantitative estimate of drug-likeness (QED) is 0.789. The Hall–Kier alpha value is -1.87. The molecular formula is C10H8N4OS. The van der Waals surface area contributed by atoms with E-state index in [1.165, 1.54) is 11.8 Å². The van der Waals surface area contributed by atoms with E-state index in [1.54, 1.807) is 19.1 Å². The van der Waals surface area contributed by atoms with Crippen molar-refractivity contribution in [1.82, 2.24) is 15.2 Å². The van der Waals surface area contributed by atoms with E-state index in [0.717, 1.165) is 5.69 Å². The molecule has 16 heavy (non-hydrogen) atoms. The predicted molar refractivity (Wildman–Crippen MR) is 56.8 cm³/mol. The molecule has 0 aliphatic carbocycles. The fraction of sp³-hybridized carbons (Fsp3) is 0.200. The van der Waals surface area contributed by atoms with Crippen molar-refractivity contribution in [3.05, 3.63) is 29.3 Å². The molecule has 2 aromatic rings. The molecule has 0 spiro atoms. The van der Waals surface area contributed by atoms with Crippen LogP contribution in [0.3, 0.4) is 0 Å². The van der Waals surface area contributed by atoms with E-state index in [9.17, 15) is 0 Å². The van der Waals surface area contributed by atoms with Crippen LogP contribution < -0.4 is 0 Å². The number of hydrogen-bond donors (Lipinski definition) is 0. The molecule has 0 radical (unpaired) electrons. The number of rotatable bonds is 2. The van der Waals surface area contributed by atoms with Crippen molar-refractivity contribution in [2.75, 3.05) is 0 Å². The molecule has 0 amide bonds. The van der Waals surface area contributed by atoms with Crippen LogP contribution in [0.25, 0.3) is 0 Å². The molecule has 0 aliphatic rings. The normalized spacial score (nSPS) is 10.1. The third kappa shape index (κ3) is 2.20. The van der Waals surface area contributed by atoms with E-state index in [4.69, 9.17) is 9.68 Å². The van der Waals surface area contributed by atoms with E-state index in [1.807, 2.05) is 6.92 Å². The summed E-state index contributed by atoms with van der Waals surface area (Å²) in [5.74, 6) is 0.494. The minimum Gasteiger partial charge on any atom is -0.416 e. The average molecular weight is 232 g/mol. The van der Waals surface area contributed by atoms with Crippen LogP contribution in [0.1, 0.15) is 17.1 Å². The molecule has 0 N–H and O–H groups in total. The number of nitriles is 1. The lowest BCUT2D eigenvalue weighted by Gasteiger charge is -1.99. The summed E-state index contributed by atoms with van der Waals surface area (Å²) in [5.41, 5.74) is 1.35. The Labute approximate surface area is 96.5 Å². The van der Waals surface area contributed by atoms with Gasteiger partial charge in [0.25, 0.3) is 5.22 Å². The molecular weight excluding hydrogens is 224 g/mol. The summed E-state index contributed by atoms with van der Waals surface area (Å²) < 4.78 is 5.22. The maximum Gasteiger partial charge on any atom is 0.282 e. The van der Waals surface area contributed by atoms with Crippen LogP contribution in [0.4, 0.5) is 0 Å². The number of aromatic nitrogens is 3. The molecule has 6 heteroatoms. The highest BCUT2D eigenvalue weighted by atomic mass is 32.2. The molecule has 0 atom stereocenters. The first-order valence-electron chi connectivity index (χ1n) is 4.55. The summed E-state index contributed by atoms with van der Waals surface area (Å²) >= 11 is 1.20. The number of nitrogens with zero attached hydrogens (tertiary/aromatic N) is 4. The topological polar surface area (TPSA) is 75.6 Å². The molecule has 0 fully saturated rings. The zero-order chi connectivity index (χ0) is 11.5. The minimum absolute atomic E-state index is 0.395. The third-order valence-electron chi connectivity index (χ3n) is 1.81. The van der Waals surface area contributed by atoms with Gasteiger partial charge in [-0.25, -0.2) is 4.98 Å². The van der Waals surface area contributed by atoms with Gasteiger partial charge in [0, 0.05) is 12.6 Å². The van der Waals surface area contributed by atoms with Crippen molar-refractivity contribution >= 4 is 11.8 Å². The Morgan fingerprint density at radius 2 is 2.12 bits per heavy atom. The second-order valence-corrected chi connectivity index (χ2v) is 4.05. The van der Waals surface area contributed by atoms with Crippen molar-refractivity contribution in [3.63, 3.8) is 0 Å². The van der Waals surface area contributed by atoms with Crippen LogP contribution >= 0.6 is 11.8 Å². The molecule has 0 unspecified atom stereocenters. The molecule has 2 aromatic heterocycles. The Kier molecular flexibility index (Phi) is 2.88. The van der Waals surface area contributed by atoms with Gasteiger partial charge >= 0.3 is 0 Å². The number of hydrogen-bond acceptors (Lipinski definition) is 6. The largest absolute Gasteiger partial charge is 0.416 e. The van der Waals surface area contributed by atoms with Crippen molar-refractivity contribution in [2.45, 2.75) is 24.1 Å². The van der Waals surface area contributed by atoms with Crippen molar-refractivity contribution in [1.29, 1.82) is 5.26 Å². The molecule has 0 bridgehead atoms. The highest BCUT2D eigenvalue weighted by Gasteiger charge is 2.10. The van der Waals surface area contributed by atoms with Crippen molar-refractivity contribution < 1.29 is 4.42 Å². The van der Waals surface area contributed by atoms with Gasteiger partial charge in [0.2, 0.25) is 5.89 Å². The summed E-state index contributed by atoms with van der Waals surface area (Å²) in [6.07, 6.45) is 0. The first-order chi connectivity index (χ1) is 7.69. The van der Waals surface area contributed by atoms with E-state index >= 15 is 0 Å². The smallest absolute Gasteiger partial charge is 0.282 e. The summed E-state index contributed by atoms with van der Waals surface area (Å²) in [7, 11) is 0. The fourth-order valence-corrected chi connectivity index (χ4v) is 1.92. The second-order valence-electron chi connectivity index (χ2n) is 3.11. The summed E-state index contributed by atoms with van der Waals surface area (Å²) in [6.45, 7) is 3.58. The Morgan fingerprint density at radius 1 is 1.31 bits per heavy atom. The average Bonchev–Trinajstić information content (AvgIpc) is 2.64. The minimum atomic E-state index is 0.395. The molecule has 0 aromatic carbocycles. The number of pyridine rings is 1. The molecule has 80 valence electrons. The maximum atomic E-state index is 8.92. The monoisotopic (exact) mass is 232 g/mol. The van der Waals surface area contributed by atoms with Crippen molar-refractivity contribution in [2.24, 2.45) is 0 Å². The van der Waals surface area contributed by atoms with Gasteiger partial charge in [0.1, 0.15) is 11.1 Å². The zero-order valence-electron chi connectivity index (χ0n) is 8.76. The predicted octanol–water partition coefficient (Wildman–Crippen LogP) is 2.10. The van der Waals surface area contributed by atoms with Crippen LogP contribution in [0, 0.1) is 25.2 Å². The van der Waals surface area contributed by atoms with E-state index < -0.39 is 0 Å². The van der Waals surface area contributed by atoms with Crippen molar-refractivity contribution in [3.8, 4) is 6.07 Å². The first-order valence-corrected chi connectivity index (χ1v) is 5.36. The van der Waals surface area contributed by atoms with E-state index in [-0.39, 0.29) is 0 Å². The van der Waals surface area contributed by atoms with Gasteiger partial charge in [-0.3, -0.25) is 0 Å². The third-order valence-corrected chi connectivity index (χ3v) is 2.66. The van der Waals surface area contributed by atoms with Gasteiger partial charge in [0.05, 0.1) is 5.56 Å². The first kappa shape index (κ1) is 10.6. The van der Waals surface area contributed by atoms with E-state index in [2.05, 4.69) is 21.3 Å². The van der Waals surface area contributed by atoms with Gasteiger partial charge in [0.15, 0.2) is 0 Å². The van der Waals surface area contributed by atoms with Crippen LogP contribution in [-0.4, -0.2) is 15.2 Å². The van der Waals surface area contributed by atoms with Crippen LogP contribution in [0.15, 0.2) is 26.8 Å². The highest BCUT2D eigenvalue weighted by molar-refractivity contribution is 7.99. The van der Waals surface area contributed by atoms with E-state index in [0.29, 0.717) is 21.7 Å². The Morgan fingerprint density at radius 3 is 2.75 bits per heavy atom. The summed E-state index contributed by atoms with van der Waals surface area (Å²) in [4.78, 5) is 4.26.